The van der Waals surface area contributed by atoms with Gasteiger partial charge in [0.15, 0.2) is 5.78 Å². The van der Waals surface area contributed by atoms with E-state index in [0.29, 0.717) is 11.3 Å². The number of nitrogens with zero attached hydrogens (tertiary/aromatic N) is 2. The van der Waals surface area contributed by atoms with Crippen molar-refractivity contribution in [1.82, 2.24) is 5.32 Å². The SMILES string of the molecule is CC(Cc1ccccc1)NCC(=O)N(C)c1ccc([N+](=O)[O-])cc1C(=O)c1ccccc1.Cl. The maximum atomic E-state index is 13.1. The van der Waals surface area contributed by atoms with E-state index in [2.05, 4.69) is 5.32 Å². The molecule has 0 heterocycles. The van der Waals surface area contributed by atoms with Crippen LogP contribution in [0.25, 0.3) is 0 Å². The van der Waals surface area contributed by atoms with Crippen LogP contribution in [0.2, 0.25) is 0 Å². The fourth-order valence-electron chi connectivity index (χ4n) is 3.41. The Hall–Kier alpha value is -3.55. The Morgan fingerprint density at radius 3 is 2.21 bits per heavy atom. The van der Waals surface area contributed by atoms with Gasteiger partial charge in [0.25, 0.3) is 5.69 Å². The number of nitro groups is 1. The van der Waals surface area contributed by atoms with Crippen LogP contribution in [0.4, 0.5) is 11.4 Å². The normalized spacial score (nSPS) is 11.2. The number of ketones is 1. The second kappa shape index (κ2) is 11.9. The molecule has 3 rings (SSSR count). The summed E-state index contributed by atoms with van der Waals surface area (Å²) in [6.07, 6.45) is 0.771. The van der Waals surface area contributed by atoms with Crippen molar-refractivity contribution in [3.63, 3.8) is 0 Å². The van der Waals surface area contributed by atoms with E-state index in [9.17, 15) is 19.7 Å². The van der Waals surface area contributed by atoms with E-state index in [1.54, 1.807) is 37.4 Å². The van der Waals surface area contributed by atoms with Crippen LogP contribution in [-0.2, 0) is 11.2 Å². The molecule has 1 amide bonds. The average Bonchev–Trinajstić information content (AvgIpc) is 2.82. The van der Waals surface area contributed by atoms with Crippen LogP contribution in [0.5, 0.6) is 0 Å². The Morgan fingerprint density at radius 1 is 1.00 bits per heavy atom. The topological polar surface area (TPSA) is 92.6 Å². The second-order valence-corrected chi connectivity index (χ2v) is 7.58. The van der Waals surface area contributed by atoms with Crippen LogP contribution >= 0.6 is 12.4 Å². The third-order valence-electron chi connectivity index (χ3n) is 5.19. The standard InChI is InChI=1S/C25H25N3O4.ClH/c1-18(15-19-9-5-3-6-10-19)26-17-24(29)27(2)23-14-13-21(28(31)32)16-22(23)25(30)20-11-7-4-8-12-20;/h3-14,16,18,26H,15,17H2,1-2H3;1H. The van der Waals surface area contributed by atoms with Gasteiger partial charge in [-0.05, 0) is 25.0 Å². The Balaban J connectivity index is 0.00000385. The van der Waals surface area contributed by atoms with Gasteiger partial charge in [0.2, 0.25) is 5.91 Å². The van der Waals surface area contributed by atoms with Gasteiger partial charge < -0.3 is 10.2 Å². The minimum atomic E-state index is -0.555. The summed E-state index contributed by atoms with van der Waals surface area (Å²) in [6, 6.07) is 22.5. The van der Waals surface area contributed by atoms with E-state index >= 15 is 0 Å². The Morgan fingerprint density at radius 2 is 1.61 bits per heavy atom. The Labute approximate surface area is 199 Å². The predicted octanol–water partition coefficient (Wildman–Crippen LogP) is 4.43. The molecule has 0 saturated heterocycles. The van der Waals surface area contributed by atoms with Gasteiger partial charge in [0.05, 0.1) is 22.7 Å². The van der Waals surface area contributed by atoms with Crippen LogP contribution in [0, 0.1) is 10.1 Å². The summed E-state index contributed by atoms with van der Waals surface area (Å²) in [5, 5.41) is 14.5. The minimum absolute atomic E-state index is 0. The van der Waals surface area contributed by atoms with Gasteiger partial charge in [0.1, 0.15) is 0 Å². The predicted molar refractivity (Wildman–Crippen MR) is 131 cm³/mol. The molecule has 1 unspecified atom stereocenters. The number of non-ortho nitro benzene ring substituents is 1. The van der Waals surface area contributed by atoms with Crippen LogP contribution < -0.4 is 10.2 Å². The number of nitro benzene ring substituents is 1. The number of likely N-dealkylation sites (N-methyl/N-ethyl adjacent to an activating group) is 1. The zero-order chi connectivity index (χ0) is 23.1. The van der Waals surface area contributed by atoms with Crippen molar-refractivity contribution in [3.05, 3.63) is 106 Å². The van der Waals surface area contributed by atoms with Crippen molar-refractivity contribution < 1.29 is 14.5 Å². The van der Waals surface area contributed by atoms with Gasteiger partial charge in [-0.25, -0.2) is 0 Å². The number of rotatable bonds is 9. The summed E-state index contributed by atoms with van der Waals surface area (Å²) in [6.45, 7) is 2.07. The molecule has 7 nitrogen and oxygen atoms in total. The van der Waals surface area contributed by atoms with Gasteiger partial charge >= 0.3 is 0 Å². The molecule has 0 aliphatic heterocycles. The number of hydrogen-bond donors (Lipinski definition) is 1. The number of hydrogen-bond acceptors (Lipinski definition) is 5. The molecule has 0 saturated carbocycles. The van der Waals surface area contributed by atoms with Crippen LogP contribution in [-0.4, -0.2) is 36.2 Å². The van der Waals surface area contributed by atoms with Gasteiger partial charge in [-0.3, -0.25) is 19.7 Å². The zero-order valence-corrected chi connectivity index (χ0v) is 19.2. The van der Waals surface area contributed by atoms with Crippen molar-refractivity contribution >= 4 is 35.5 Å². The first-order chi connectivity index (χ1) is 15.4. The van der Waals surface area contributed by atoms with Crippen molar-refractivity contribution in [3.8, 4) is 0 Å². The highest BCUT2D eigenvalue weighted by atomic mass is 35.5. The van der Waals surface area contributed by atoms with Crippen molar-refractivity contribution in [2.75, 3.05) is 18.5 Å². The second-order valence-electron chi connectivity index (χ2n) is 7.58. The van der Waals surface area contributed by atoms with Crippen LogP contribution in [0.3, 0.4) is 0 Å². The number of carbonyl (C=O) groups excluding carboxylic acids is 2. The largest absolute Gasteiger partial charge is 0.314 e. The van der Waals surface area contributed by atoms with Gasteiger partial charge in [-0.15, -0.1) is 12.4 Å². The average molecular weight is 468 g/mol. The Kier molecular flexibility index (Phi) is 9.27. The Bertz CT molecular complexity index is 1110. The molecule has 1 atom stereocenters. The zero-order valence-electron chi connectivity index (χ0n) is 18.4. The molecule has 1 N–H and O–H groups in total. The molecular formula is C25H26ClN3O4. The van der Waals surface area contributed by atoms with E-state index in [1.165, 1.54) is 28.7 Å². The summed E-state index contributed by atoms with van der Waals surface area (Å²) in [4.78, 5) is 38.0. The molecule has 0 radical (unpaired) electrons. The molecule has 8 heteroatoms. The van der Waals surface area contributed by atoms with E-state index in [1.807, 2.05) is 37.3 Å². The number of carbonyl (C=O) groups is 2. The molecule has 0 bridgehead atoms. The summed E-state index contributed by atoms with van der Waals surface area (Å²) in [7, 11) is 1.56. The number of anilines is 1. The van der Waals surface area contributed by atoms with Crippen molar-refractivity contribution in [1.29, 1.82) is 0 Å². The number of benzene rings is 3. The molecule has 0 aliphatic rings. The molecule has 172 valence electrons. The van der Waals surface area contributed by atoms with E-state index < -0.39 is 4.92 Å². The van der Waals surface area contributed by atoms with Gasteiger partial charge in [-0.1, -0.05) is 60.7 Å². The lowest BCUT2D eigenvalue weighted by Gasteiger charge is -2.22. The summed E-state index contributed by atoms with van der Waals surface area (Å²) < 4.78 is 0. The number of halogens is 1. The number of nitrogens with one attached hydrogen (secondary N) is 1. The minimum Gasteiger partial charge on any atom is -0.314 e. The third kappa shape index (κ3) is 6.71. The first-order valence-electron chi connectivity index (χ1n) is 10.3. The molecule has 0 aliphatic carbocycles. The first-order valence-corrected chi connectivity index (χ1v) is 10.3. The fourth-order valence-corrected chi connectivity index (χ4v) is 3.41. The monoisotopic (exact) mass is 467 g/mol. The lowest BCUT2D eigenvalue weighted by molar-refractivity contribution is -0.384. The quantitative estimate of drug-likeness (QED) is 0.285. The fraction of sp³-hybridized carbons (Fsp3) is 0.200. The summed E-state index contributed by atoms with van der Waals surface area (Å²) in [5.41, 5.74) is 1.79. The van der Waals surface area contributed by atoms with Crippen LogP contribution in [0.15, 0.2) is 78.9 Å². The highest BCUT2D eigenvalue weighted by Crippen LogP contribution is 2.27. The molecule has 33 heavy (non-hydrogen) atoms. The summed E-state index contributed by atoms with van der Waals surface area (Å²) in [5.74, 6) is -0.629. The number of amides is 1. The highest BCUT2D eigenvalue weighted by Gasteiger charge is 2.23. The van der Waals surface area contributed by atoms with E-state index in [-0.39, 0.29) is 47.9 Å². The highest BCUT2D eigenvalue weighted by molar-refractivity contribution is 6.14. The lowest BCUT2D eigenvalue weighted by Crippen LogP contribution is -2.40. The van der Waals surface area contributed by atoms with Crippen molar-refractivity contribution in [2.24, 2.45) is 0 Å². The van der Waals surface area contributed by atoms with E-state index in [0.717, 1.165) is 6.42 Å². The maximum absolute atomic E-state index is 13.1. The lowest BCUT2D eigenvalue weighted by atomic mass is 10.0. The summed E-state index contributed by atoms with van der Waals surface area (Å²) >= 11 is 0. The van der Waals surface area contributed by atoms with Gasteiger partial charge in [0, 0.05) is 30.8 Å². The molecule has 0 spiro atoms. The van der Waals surface area contributed by atoms with Crippen LogP contribution in [0.1, 0.15) is 28.4 Å². The first kappa shape index (κ1) is 25.7. The maximum Gasteiger partial charge on any atom is 0.270 e. The molecule has 3 aromatic carbocycles. The van der Waals surface area contributed by atoms with Gasteiger partial charge in [-0.2, -0.15) is 0 Å². The molecule has 0 fully saturated rings. The third-order valence-corrected chi connectivity index (χ3v) is 5.19. The molecule has 3 aromatic rings. The van der Waals surface area contributed by atoms with Crippen molar-refractivity contribution in [2.45, 2.75) is 19.4 Å². The smallest absolute Gasteiger partial charge is 0.270 e. The molecular weight excluding hydrogens is 442 g/mol. The molecule has 0 aromatic heterocycles. The van der Waals surface area contributed by atoms with E-state index in [4.69, 9.17) is 0 Å².